The first-order chi connectivity index (χ1) is 13.1. The van der Waals surface area contributed by atoms with Crippen molar-refractivity contribution in [2.75, 3.05) is 13.7 Å². The van der Waals surface area contributed by atoms with Gasteiger partial charge in [0.05, 0.1) is 17.5 Å². The van der Waals surface area contributed by atoms with Crippen LogP contribution in [0.3, 0.4) is 0 Å². The lowest BCUT2D eigenvalue weighted by molar-refractivity contribution is 0.0736. The second kappa shape index (κ2) is 7.37. The SMILES string of the molecule is COCc1c(C(=O)N2CCCC2c2ccc(F)cc2)sc2cccc(F)c12. The van der Waals surface area contributed by atoms with E-state index in [0.717, 1.165) is 23.1 Å². The maximum atomic E-state index is 14.4. The van der Waals surface area contributed by atoms with Crippen molar-refractivity contribution in [3.05, 3.63) is 70.1 Å². The topological polar surface area (TPSA) is 29.5 Å². The number of carbonyl (C=O) groups is 1. The smallest absolute Gasteiger partial charge is 0.264 e. The number of amides is 1. The number of halogens is 2. The molecule has 4 rings (SSSR count). The monoisotopic (exact) mass is 387 g/mol. The van der Waals surface area contributed by atoms with Gasteiger partial charge in [0.1, 0.15) is 11.6 Å². The molecular weight excluding hydrogens is 368 g/mol. The fourth-order valence-electron chi connectivity index (χ4n) is 3.79. The zero-order chi connectivity index (χ0) is 19.0. The summed E-state index contributed by atoms with van der Waals surface area (Å²) in [5, 5.41) is 0.463. The van der Waals surface area contributed by atoms with E-state index < -0.39 is 0 Å². The minimum atomic E-state index is -0.341. The molecular formula is C21H19F2NO2S. The molecule has 140 valence electrons. The van der Waals surface area contributed by atoms with Gasteiger partial charge >= 0.3 is 0 Å². The maximum Gasteiger partial charge on any atom is 0.264 e. The Hall–Kier alpha value is -2.31. The molecule has 1 fully saturated rings. The van der Waals surface area contributed by atoms with Crippen molar-refractivity contribution in [3.8, 4) is 0 Å². The highest BCUT2D eigenvalue weighted by molar-refractivity contribution is 7.21. The van der Waals surface area contributed by atoms with Crippen LogP contribution in [0.2, 0.25) is 0 Å². The number of thiophene rings is 1. The molecule has 3 aromatic rings. The van der Waals surface area contributed by atoms with E-state index in [9.17, 15) is 13.6 Å². The third-order valence-electron chi connectivity index (χ3n) is 5.01. The minimum absolute atomic E-state index is 0.0939. The average Bonchev–Trinajstić information content (AvgIpc) is 3.28. The Kier molecular flexibility index (Phi) is 4.93. The molecule has 0 bridgehead atoms. The van der Waals surface area contributed by atoms with E-state index in [-0.39, 0.29) is 30.2 Å². The van der Waals surface area contributed by atoms with Gasteiger partial charge in [0, 0.05) is 29.3 Å². The van der Waals surface area contributed by atoms with Gasteiger partial charge < -0.3 is 9.64 Å². The molecule has 1 atom stereocenters. The van der Waals surface area contributed by atoms with Crippen LogP contribution in [0, 0.1) is 11.6 Å². The standard InChI is InChI=1S/C21H19F2NO2S/c1-26-12-15-19-16(23)4-2-6-18(19)27-20(15)21(25)24-11-3-5-17(24)13-7-9-14(22)10-8-13/h2,4,6-10,17H,3,5,11-12H2,1H3. The molecule has 1 unspecified atom stereocenters. The summed E-state index contributed by atoms with van der Waals surface area (Å²) >= 11 is 1.30. The molecule has 1 aliphatic rings. The Labute approximate surface area is 160 Å². The zero-order valence-electron chi connectivity index (χ0n) is 14.9. The summed E-state index contributed by atoms with van der Waals surface area (Å²) in [4.78, 5) is 15.7. The summed E-state index contributed by atoms with van der Waals surface area (Å²) in [6.45, 7) is 0.807. The van der Waals surface area contributed by atoms with Crippen molar-refractivity contribution in [2.24, 2.45) is 0 Å². The first kappa shape index (κ1) is 18.1. The third-order valence-corrected chi connectivity index (χ3v) is 6.20. The first-order valence-corrected chi connectivity index (χ1v) is 9.67. The molecule has 0 saturated carbocycles. The van der Waals surface area contributed by atoms with E-state index in [0.29, 0.717) is 22.4 Å². The molecule has 0 aliphatic carbocycles. The number of methoxy groups -OCH3 is 1. The Morgan fingerprint density at radius 2 is 2.00 bits per heavy atom. The van der Waals surface area contributed by atoms with Crippen molar-refractivity contribution < 1.29 is 18.3 Å². The van der Waals surface area contributed by atoms with E-state index in [1.807, 2.05) is 11.0 Å². The highest BCUT2D eigenvalue weighted by atomic mass is 32.1. The second-order valence-electron chi connectivity index (χ2n) is 6.66. The largest absolute Gasteiger partial charge is 0.380 e. The summed E-state index contributed by atoms with van der Waals surface area (Å²) < 4.78 is 33.6. The number of likely N-dealkylation sites (tertiary alicyclic amines) is 1. The van der Waals surface area contributed by atoms with Gasteiger partial charge in [-0.05, 0) is 42.7 Å². The van der Waals surface area contributed by atoms with Crippen LogP contribution >= 0.6 is 11.3 Å². The van der Waals surface area contributed by atoms with E-state index in [1.165, 1.54) is 36.6 Å². The lowest BCUT2D eigenvalue weighted by atomic mass is 10.0. The Morgan fingerprint density at radius 3 is 2.74 bits per heavy atom. The van der Waals surface area contributed by atoms with E-state index >= 15 is 0 Å². The Bertz CT molecular complexity index is 984. The summed E-state index contributed by atoms with van der Waals surface area (Å²) in [5.74, 6) is -0.752. The number of nitrogens with zero attached hydrogens (tertiary/aromatic N) is 1. The third kappa shape index (κ3) is 3.24. The van der Waals surface area contributed by atoms with Crippen molar-refractivity contribution in [1.29, 1.82) is 0 Å². The number of hydrogen-bond acceptors (Lipinski definition) is 3. The van der Waals surface area contributed by atoms with Crippen LogP contribution in [0.1, 0.15) is 39.7 Å². The number of rotatable bonds is 4. The maximum absolute atomic E-state index is 14.4. The summed E-state index contributed by atoms with van der Waals surface area (Å²) in [6.07, 6.45) is 1.71. The minimum Gasteiger partial charge on any atom is -0.380 e. The summed E-state index contributed by atoms with van der Waals surface area (Å²) in [7, 11) is 1.54. The van der Waals surface area contributed by atoms with Crippen molar-refractivity contribution in [2.45, 2.75) is 25.5 Å². The van der Waals surface area contributed by atoms with Crippen LogP contribution in [-0.2, 0) is 11.3 Å². The Balaban J connectivity index is 1.74. The summed E-state index contributed by atoms with van der Waals surface area (Å²) in [5.41, 5.74) is 1.52. The van der Waals surface area contributed by atoms with Crippen LogP contribution in [0.15, 0.2) is 42.5 Å². The van der Waals surface area contributed by atoms with E-state index in [4.69, 9.17) is 4.74 Å². The molecule has 1 aromatic heterocycles. The van der Waals surface area contributed by atoms with Crippen LogP contribution in [0.25, 0.3) is 10.1 Å². The van der Waals surface area contributed by atoms with Gasteiger partial charge in [0.2, 0.25) is 0 Å². The van der Waals surface area contributed by atoms with Gasteiger partial charge in [-0.3, -0.25) is 4.79 Å². The fourth-order valence-corrected chi connectivity index (χ4v) is 4.97. The quantitative estimate of drug-likeness (QED) is 0.608. The number of ether oxygens (including phenoxy) is 1. The van der Waals surface area contributed by atoms with Crippen molar-refractivity contribution in [1.82, 2.24) is 4.90 Å². The van der Waals surface area contributed by atoms with Gasteiger partial charge in [0.25, 0.3) is 5.91 Å². The van der Waals surface area contributed by atoms with Crippen LogP contribution in [-0.4, -0.2) is 24.5 Å². The number of benzene rings is 2. The normalized spacial score (nSPS) is 17.0. The molecule has 1 amide bonds. The highest BCUT2D eigenvalue weighted by Gasteiger charge is 2.33. The lowest BCUT2D eigenvalue weighted by Gasteiger charge is -2.25. The molecule has 1 saturated heterocycles. The number of fused-ring (bicyclic) bond motifs is 1. The van der Waals surface area contributed by atoms with Gasteiger partial charge in [-0.1, -0.05) is 18.2 Å². The van der Waals surface area contributed by atoms with Crippen LogP contribution in [0.4, 0.5) is 8.78 Å². The van der Waals surface area contributed by atoms with E-state index in [2.05, 4.69) is 0 Å². The predicted octanol–water partition coefficient (Wildman–Crippen LogP) is 5.30. The Morgan fingerprint density at radius 1 is 1.22 bits per heavy atom. The molecule has 1 aliphatic heterocycles. The van der Waals surface area contributed by atoms with Gasteiger partial charge in [-0.25, -0.2) is 8.78 Å². The molecule has 2 aromatic carbocycles. The molecule has 2 heterocycles. The molecule has 6 heteroatoms. The van der Waals surface area contributed by atoms with E-state index in [1.54, 1.807) is 18.2 Å². The van der Waals surface area contributed by atoms with Gasteiger partial charge in [0.15, 0.2) is 0 Å². The average molecular weight is 387 g/mol. The number of hydrogen-bond donors (Lipinski definition) is 0. The molecule has 0 N–H and O–H groups in total. The lowest BCUT2D eigenvalue weighted by Crippen LogP contribution is -2.30. The second-order valence-corrected chi connectivity index (χ2v) is 7.72. The fraction of sp³-hybridized carbons (Fsp3) is 0.286. The van der Waals surface area contributed by atoms with Gasteiger partial charge in [-0.15, -0.1) is 11.3 Å². The zero-order valence-corrected chi connectivity index (χ0v) is 15.7. The van der Waals surface area contributed by atoms with Gasteiger partial charge in [-0.2, -0.15) is 0 Å². The molecule has 0 radical (unpaired) electrons. The van der Waals surface area contributed by atoms with Crippen LogP contribution in [0.5, 0.6) is 0 Å². The van der Waals surface area contributed by atoms with Crippen molar-refractivity contribution >= 4 is 27.3 Å². The molecule has 27 heavy (non-hydrogen) atoms. The van der Waals surface area contributed by atoms with Crippen molar-refractivity contribution in [3.63, 3.8) is 0 Å². The molecule has 0 spiro atoms. The molecule has 3 nitrogen and oxygen atoms in total. The van der Waals surface area contributed by atoms with Crippen LogP contribution < -0.4 is 0 Å². The number of carbonyl (C=O) groups excluding carboxylic acids is 1. The first-order valence-electron chi connectivity index (χ1n) is 8.85. The highest BCUT2D eigenvalue weighted by Crippen LogP contribution is 2.38. The summed E-state index contributed by atoms with van der Waals surface area (Å²) in [6, 6.07) is 11.1. The predicted molar refractivity (Wildman–Crippen MR) is 102 cm³/mol.